The number of hydrogen-bond donors (Lipinski definition) is 2. The largest absolute Gasteiger partial charge is 0.342 e. The van der Waals surface area contributed by atoms with Crippen LogP contribution >= 0.6 is 27.5 Å². The second-order valence-electron chi connectivity index (χ2n) is 4.11. The Hall–Kier alpha value is -1.80. The Balaban J connectivity index is 1.90. The highest BCUT2D eigenvalue weighted by Crippen LogP contribution is 2.20. The van der Waals surface area contributed by atoms with Gasteiger partial charge in [0.1, 0.15) is 4.88 Å². The van der Waals surface area contributed by atoms with Gasteiger partial charge < -0.3 is 10.6 Å². The van der Waals surface area contributed by atoms with Crippen molar-refractivity contribution in [2.75, 3.05) is 11.9 Å². The van der Waals surface area contributed by atoms with Gasteiger partial charge in [0.15, 0.2) is 0 Å². The number of para-hydroxylation sites is 1. The van der Waals surface area contributed by atoms with Crippen molar-refractivity contribution < 1.29 is 9.59 Å². The lowest BCUT2D eigenvalue weighted by Gasteiger charge is -2.08. The molecule has 0 radical (unpaired) electrons. The number of anilines is 1. The monoisotopic (exact) mass is 368 g/mol. The Labute approximate surface area is 134 Å². The Kier molecular flexibility index (Phi) is 5.40. The summed E-state index contributed by atoms with van der Waals surface area (Å²) < 4.78 is 4.53. The average molecular weight is 369 g/mol. The second kappa shape index (κ2) is 7.28. The van der Waals surface area contributed by atoms with Gasteiger partial charge in [0.25, 0.3) is 5.91 Å². The van der Waals surface area contributed by atoms with Gasteiger partial charge in [0.2, 0.25) is 5.91 Å². The number of nitrogens with zero attached hydrogens (tertiary/aromatic N) is 2. The fourth-order valence-corrected chi connectivity index (χ4v) is 2.66. The summed E-state index contributed by atoms with van der Waals surface area (Å²) in [7, 11) is 0. The maximum atomic E-state index is 11.9. The van der Waals surface area contributed by atoms with Gasteiger partial charge >= 0.3 is 0 Å². The van der Waals surface area contributed by atoms with Crippen molar-refractivity contribution >= 4 is 45.0 Å². The third-order valence-corrected chi connectivity index (χ3v) is 4.11. The number of carbonyl (C=O) groups is 2. The van der Waals surface area contributed by atoms with Gasteiger partial charge in [-0.05, 0) is 46.0 Å². The molecule has 8 heteroatoms. The van der Waals surface area contributed by atoms with Crippen LogP contribution in [-0.2, 0) is 11.2 Å². The van der Waals surface area contributed by atoms with Gasteiger partial charge in [-0.2, -0.15) is 0 Å². The lowest BCUT2D eigenvalue weighted by atomic mass is 10.3. The number of aryl methyl sites for hydroxylation is 1. The van der Waals surface area contributed by atoms with E-state index >= 15 is 0 Å². The van der Waals surface area contributed by atoms with E-state index in [2.05, 4.69) is 36.2 Å². The molecule has 110 valence electrons. The third kappa shape index (κ3) is 4.08. The third-order valence-electron chi connectivity index (χ3n) is 2.65. The van der Waals surface area contributed by atoms with Crippen LogP contribution in [0.4, 0.5) is 5.69 Å². The van der Waals surface area contributed by atoms with E-state index in [9.17, 15) is 9.59 Å². The van der Waals surface area contributed by atoms with E-state index in [4.69, 9.17) is 0 Å². The first-order valence-electron chi connectivity index (χ1n) is 6.25. The van der Waals surface area contributed by atoms with Crippen molar-refractivity contribution in [3.05, 3.63) is 39.3 Å². The number of nitrogens with one attached hydrogen (secondary N) is 2. The van der Waals surface area contributed by atoms with Crippen LogP contribution in [0.25, 0.3) is 0 Å². The van der Waals surface area contributed by atoms with Crippen LogP contribution in [0.1, 0.15) is 22.3 Å². The minimum atomic E-state index is -0.330. The summed E-state index contributed by atoms with van der Waals surface area (Å²) in [6.07, 6.45) is 0.627. The van der Waals surface area contributed by atoms with E-state index in [1.54, 1.807) is 6.07 Å². The highest BCUT2D eigenvalue weighted by Gasteiger charge is 2.15. The minimum absolute atomic E-state index is 0.110. The first-order valence-corrected chi connectivity index (χ1v) is 7.82. The fraction of sp³-hybridized carbons (Fsp3) is 0.231. The zero-order chi connectivity index (χ0) is 15.2. The molecule has 0 fully saturated rings. The fourth-order valence-electron chi connectivity index (χ4n) is 1.61. The molecule has 0 spiro atoms. The smallest absolute Gasteiger partial charge is 0.265 e. The minimum Gasteiger partial charge on any atom is -0.342 e. The van der Waals surface area contributed by atoms with Gasteiger partial charge in [0.05, 0.1) is 17.9 Å². The van der Waals surface area contributed by atoms with Crippen LogP contribution in [0, 0.1) is 0 Å². The number of amides is 2. The van der Waals surface area contributed by atoms with Gasteiger partial charge in [0, 0.05) is 4.47 Å². The Morgan fingerprint density at radius 1 is 1.33 bits per heavy atom. The maximum absolute atomic E-state index is 11.9. The lowest BCUT2D eigenvalue weighted by molar-refractivity contribution is -0.115. The van der Waals surface area contributed by atoms with Gasteiger partial charge in [-0.15, -0.1) is 5.10 Å². The standard InChI is InChI=1S/C13H13BrN4O2S/c1-2-9-12(21-18-17-9)13(20)15-7-11(19)16-10-6-4-3-5-8(10)14/h3-6H,2,7H2,1H3,(H,15,20)(H,16,19). The molecule has 0 aliphatic rings. The van der Waals surface area contributed by atoms with Crippen LogP contribution in [0.5, 0.6) is 0 Å². The molecule has 0 saturated carbocycles. The van der Waals surface area contributed by atoms with Crippen molar-refractivity contribution in [3.63, 3.8) is 0 Å². The molecule has 0 bridgehead atoms. The van der Waals surface area contributed by atoms with Crippen LogP contribution in [-0.4, -0.2) is 27.9 Å². The molecule has 1 aromatic carbocycles. The van der Waals surface area contributed by atoms with E-state index in [-0.39, 0.29) is 18.4 Å². The molecule has 2 aromatic rings. The summed E-state index contributed by atoms with van der Waals surface area (Å²) in [5.74, 6) is -0.630. The first-order chi connectivity index (χ1) is 10.1. The van der Waals surface area contributed by atoms with E-state index in [0.29, 0.717) is 22.7 Å². The summed E-state index contributed by atoms with van der Waals surface area (Å²) >= 11 is 4.37. The lowest BCUT2D eigenvalue weighted by Crippen LogP contribution is -2.32. The molecule has 1 heterocycles. The van der Waals surface area contributed by atoms with Crippen LogP contribution in [0.2, 0.25) is 0 Å². The number of carbonyl (C=O) groups excluding carboxylic acids is 2. The Bertz CT molecular complexity index is 659. The number of rotatable bonds is 5. The summed E-state index contributed by atoms with van der Waals surface area (Å²) in [5.41, 5.74) is 1.30. The predicted molar refractivity (Wildman–Crippen MR) is 84.4 cm³/mol. The van der Waals surface area contributed by atoms with Crippen LogP contribution < -0.4 is 10.6 Å². The van der Waals surface area contributed by atoms with Crippen molar-refractivity contribution in [1.29, 1.82) is 0 Å². The molecule has 0 aliphatic carbocycles. The summed E-state index contributed by atoms with van der Waals surface area (Å²) in [5, 5.41) is 9.14. The summed E-state index contributed by atoms with van der Waals surface area (Å²) in [6.45, 7) is 1.79. The second-order valence-corrected chi connectivity index (χ2v) is 5.72. The van der Waals surface area contributed by atoms with E-state index in [1.165, 1.54) is 0 Å². The highest BCUT2D eigenvalue weighted by molar-refractivity contribution is 9.10. The van der Waals surface area contributed by atoms with Gasteiger partial charge in [-0.1, -0.05) is 23.5 Å². The summed E-state index contributed by atoms with van der Waals surface area (Å²) in [6, 6.07) is 7.26. The zero-order valence-electron chi connectivity index (χ0n) is 11.2. The molecular formula is C13H13BrN4O2S. The number of benzene rings is 1. The van der Waals surface area contributed by atoms with E-state index < -0.39 is 0 Å². The number of hydrogen-bond acceptors (Lipinski definition) is 5. The SMILES string of the molecule is CCc1nnsc1C(=O)NCC(=O)Nc1ccccc1Br. The van der Waals surface area contributed by atoms with Crippen molar-refractivity contribution in [1.82, 2.24) is 14.9 Å². The molecule has 21 heavy (non-hydrogen) atoms. The normalized spacial score (nSPS) is 10.2. The predicted octanol–water partition coefficient (Wildman–Crippen LogP) is 2.23. The average Bonchev–Trinajstić information content (AvgIpc) is 2.96. The molecule has 2 N–H and O–H groups in total. The van der Waals surface area contributed by atoms with Crippen molar-refractivity contribution in [2.45, 2.75) is 13.3 Å². The molecule has 0 aliphatic heterocycles. The van der Waals surface area contributed by atoms with Crippen LogP contribution in [0.3, 0.4) is 0 Å². The zero-order valence-corrected chi connectivity index (χ0v) is 13.6. The molecule has 1 aromatic heterocycles. The van der Waals surface area contributed by atoms with Crippen molar-refractivity contribution in [3.8, 4) is 0 Å². The molecule has 0 atom stereocenters. The number of halogens is 1. The quantitative estimate of drug-likeness (QED) is 0.847. The molecule has 0 unspecified atom stereocenters. The maximum Gasteiger partial charge on any atom is 0.265 e. The van der Waals surface area contributed by atoms with Crippen LogP contribution in [0.15, 0.2) is 28.7 Å². The number of aromatic nitrogens is 2. The van der Waals surface area contributed by atoms with E-state index in [0.717, 1.165) is 16.0 Å². The molecule has 6 nitrogen and oxygen atoms in total. The topological polar surface area (TPSA) is 84.0 Å². The Morgan fingerprint density at radius 3 is 2.81 bits per heavy atom. The van der Waals surface area contributed by atoms with E-state index in [1.807, 2.05) is 25.1 Å². The highest BCUT2D eigenvalue weighted by atomic mass is 79.9. The molecular weight excluding hydrogens is 356 g/mol. The molecule has 0 saturated heterocycles. The molecule has 2 amide bonds. The summed E-state index contributed by atoms with van der Waals surface area (Å²) in [4.78, 5) is 24.2. The molecule has 2 rings (SSSR count). The first kappa shape index (κ1) is 15.6. The van der Waals surface area contributed by atoms with Gasteiger partial charge in [-0.25, -0.2) is 0 Å². The van der Waals surface area contributed by atoms with Gasteiger partial charge in [-0.3, -0.25) is 9.59 Å². The Morgan fingerprint density at radius 2 is 2.10 bits per heavy atom. The van der Waals surface area contributed by atoms with Crippen molar-refractivity contribution in [2.24, 2.45) is 0 Å².